The van der Waals surface area contributed by atoms with Crippen LogP contribution in [0, 0.1) is 13.5 Å². The average Bonchev–Trinajstić information content (AvgIpc) is 3.44. The number of furan rings is 2. The van der Waals surface area contributed by atoms with Crippen LogP contribution in [-0.2, 0) is 13.5 Å². The van der Waals surface area contributed by atoms with E-state index < -0.39 is 5.54 Å². The summed E-state index contributed by atoms with van der Waals surface area (Å²) in [6.45, 7) is 13.5. The van der Waals surface area contributed by atoms with Gasteiger partial charge in [0.2, 0.25) is 11.2 Å². The molecule has 0 fully saturated rings. The van der Waals surface area contributed by atoms with Crippen LogP contribution in [0.15, 0.2) is 63.8 Å². The van der Waals surface area contributed by atoms with Gasteiger partial charge in [0.15, 0.2) is 6.20 Å². The standard InChI is InChI=1S/C30H23N2O3/c1-16-25-23(13-18-9-11-33-28(16)18)34-24-14-21-19-7-6-17(15-30(2,3)31-4)12-22(19)35-29(21)20-8-10-32(5)27(25)26(20)24/h6-14H,15H2,1-3,5H3/q+1. The molecule has 5 heteroatoms. The highest BCUT2D eigenvalue weighted by atomic mass is 16.5. The minimum absolute atomic E-state index is 0.446. The van der Waals surface area contributed by atoms with Crippen LogP contribution in [0.5, 0.6) is 11.5 Å². The normalized spacial score (nSPS) is 12.9. The molecule has 3 aromatic heterocycles. The van der Waals surface area contributed by atoms with E-state index in [9.17, 15) is 0 Å². The summed E-state index contributed by atoms with van der Waals surface area (Å²) in [6, 6.07) is 14.5. The summed E-state index contributed by atoms with van der Waals surface area (Å²) in [6.07, 6.45) is 4.48. The zero-order valence-electron chi connectivity index (χ0n) is 20.0. The molecule has 0 amide bonds. The molecule has 1 aliphatic rings. The van der Waals surface area contributed by atoms with Crippen LogP contribution in [0.4, 0.5) is 0 Å². The topological polar surface area (TPSA) is 43.8 Å². The fourth-order valence-electron chi connectivity index (χ4n) is 5.57. The van der Waals surface area contributed by atoms with Gasteiger partial charge < -0.3 is 18.4 Å². The second-order valence-corrected chi connectivity index (χ2v) is 10.2. The van der Waals surface area contributed by atoms with E-state index in [4.69, 9.17) is 20.1 Å². The van der Waals surface area contributed by atoms with Crippen LogP contribution in [0.25, 0.3) is 59.8 Å². The monoisotopic (exact) mass is 459 g/mol. The number of aromatic nitrogens is 1. The predicted molar refractivity (Wildman–Crippen MR) is 137 cm³/mol. The average molecular weight is 460 g/mol. The Labute approximate surface area is 201 Å². The van der Waals surface area contributed by atoms with Gasteiger partial charge in [0.1, 0.15) is 40.7 Å². The van der Waals surface area contributed by atoms with Crippen molar-refractivity contribution in [2.75, 3.05) is 0 Å². The predicted octanol–water partition coefficient (Wildman–Crippen LogP) is 7.63. The van der Waals surface area contributed by atoms with Gasteiger partial charge in [-0.25, -0.2) is 11.1 Å². The van der Waals surface area contributed by atoms with E-state index >= 15 is 0 Å². The number of pyridine rings is 1. The van der Waals surface area contributed by atoms with E-state index in [0.717, 1.165) is 77.6 Å². The molecule has 0 atom stereocenters. The third kappa shape index (κ3) is 2.71. The molecule has 35 heavy (non-hydrogen) atoms. The molecule has 0 radical (unpaired) electrons. The van der Waals surface area contributed by atoms with Crippen molar-refractivity contribution in [3.63, 3.8) is 0 Å². The summed E-state index contributed by atoms with van der Waals surface area (Å²) >= 11 is 0. The Morgan fingerprint density at radius 1 is 0.971 bits per heavy atom. The van der Waals surface area contributed by atoms with Crippen molar-refractivity contribution in [1.29, 1.82) is 0 Å². The second kappa shape index (κ2) is 6.64. The first-order valence-electron chi connectivity index (χ1n) is 11.7. The SMILES string of the molecule is [C-]#[N+]C(C)(C)Cc1ccc2c(c1)oc1c3cc[n+](C)c4c3c(cc21)Oc1cc2ccoc2c(C)c1-4. The van der Waals surface area contributed by atoms with Crippen molar-refractivity contribution in [3.05, 3.63) is 77.5 Å². The zero-order chi connectivity index (χ0) is 24.1. The maximum Gasteiger partial charge on any atom is 0.231 e. The van der Waals surface area contributed by atoms with Crippen molar-refractivity contribution in [2.24, 2.45) is 7.05 Å². The van der Waals surface area contributed by atoms with Crippen LogP contribution in [-0.4, -0.2) is 5.54 Å². The fourth-order valence-corrected chi connectivity index (χ4v) is 5.57. The number of benzene rings is 3. The molecule has 0 spiro atoms. The molecule has 6 aromatic rings. The summed E-state index contributed by atoms with van der Waals surface area (Å²) < 4.78 is 21.0. The van der Waals surface area contributed by atoms with Crippen LogP contribution in [0.3, 0.4) is 0 Å². The maximum absolute atomic E-state index is 7.47. The molecule has 3 aromatic carbocycles. The third-order valence-corrected chi connectivity index (χ3v) is 7.22. The molecule has 170 valence electrons. The van der Waals surface area contributed by atoms with E-state index in [1.165, 1.54) is 0 Å². The van der Waals surface area contributed by atoms with Gasteiger partial charge >= 0.3 is 0 Å². The summed E-state index contributed by atoms with van der Waals surface area (Å²) in [7, 11) is 2.06. The van der Waals surface area contributed by atoms with Crippen LogP contribution in [0.2, 0.25) is 0 Å². The van der Waals surface area contributed by atoms with Crippen LogP contribution in [0.1, 0.15) is 25.0 Å². The lowest BCUT2D eigenvalue weighted by molar-refractivity contribution is -0.659. The highest BCUT2D eigenvalue weighted by Gasteiger charge is 2.33. The van der Waals surface area contributed by atoms with Crippen molar-refractivity contribution in [1.82, 2.24) is 0 Å². The lowest BCUT2D eigenvalue weighted by atomic mass is 9.93. The van der Waals surface area contributed by atoms with E-state index in [2.05, 4.69) is 66.0 Å². The quantitative estimate of drug-likeness (QED) is 0.197. The number of aryl methyl sites for hydroxylation is 2. The van der Waals surface area contributed by atoms with Crippen molar-refractivity contribution in [3.8, 4) is 22.8 Å². The molecule has 1 aliphatic heterocycles. The largest absolute Gasteiger partial charge is 0.464 e. The van der Waals surface area contributed by atoms with Crippen LogP contribution < -0.4 is 9.30 Å². The third-order valence-electron chi connectivity index (χ3n) is 7.22. The van der Waals surface area contributed by atoms with Gasteiger partial charge in [0, 0.05) is 47.0 Å². The van der Waals surface area contributed by atoms with Gasteiger partial charge in [0.05, 0.1) is 18.2 Å². The molecule has 0 unspecified atom stereocenters. The Bertz CT molecular complexity index is 1910. The lowest BCUT2D eigenvalue weighted by Crippen LogP contribution is -2.31. The summed E-state index contributed by atoms with van der Waals surface area (Å²) in [5.74, 6) is 1.66. The number of fused-ring (bicyclic) bond motifs is 7. The molecule has 0 aliphatic carbocycles. The minimum Gasteiger partial charge on any atom is -0.464 e. The molecule has 0 saturated heterocycles. The molecule has 0 bridgehead atoms. The first-order chi connectivity index (χ1) is 16.8. The summed E-state index contributed by atoms with van der Waals surface area (Å²) in [5, 5.41) is 5.17. The van der Waals surface area contributed by atoms with Crippen molar-refractivity contribution >= 4 is 43.7 Å². The fraction of sp³-hybridized carbons (Fsp3) is 0.200. The maximum atomic E-state index is 7.47. The van der Waals surface area contributed by atoms with E-state index in [1.807, 2.05) is 19.9 Å². The Balaban J connectivity index is 1.54. The second-order valence-electron chi connectivity index (χ2n) is 10.2. The Hall–Kier alpha value is -4.30. The molecular formula is C30H23N2O3+. The van der Waals surface area contributed by atoms with Gasteiger partial charge in [-0.05, 0) is 36.8 Å². The molecule has 0 N–H and O–H groups in total. The zero-order valence-corrected chi connectivity index (χ0v) is 20.0. The first kappa shape index (κ1) is 20.1. The first-order valence-corrected chi connectivity index (χ1v) is 11.7. The van der Waals surface area contributed by atoms with Crippen molar-refractivity contribution in [2.45, 2.75) is 32.7 Å². The minimum atomic E-state index is -0.446. The van der Waals surface area contributed by atoms with Crippen molar-refractivity contribution < 1.29 is 18.1 Å². The Kier molecular flexibility index (Phi) is 3.81. The van der Waals surface area contributed by atoms with E-state index in [-0.39, 0.29) is 0 Å². The van der Waals surface area contributed by atoms with Gasteiger partial charge in [-0.15, -0.1) is 0 Å². The number of rotatable bonds is 2. The smallest absolute Gasteiger partial charge is 0.231 e. The summed E-state index contributed by atoms with van der Waals surface area (Å²) in [4.78, 5) is 3.76. The molecule has 5 nitrogen and oxygen atoms in total. The van der Waals surface area contributed by atoms with E-state index in [1.54, 1.807) is 6.26 Å². The molecule has 0 saturated carbocycles. The summed E-state index contributed by atoms with van der Waals surface area (Å²) in [5.41, 5.74) is 6.42. The number of ether oxygens (including phenoxy) is 1. The highest BCUT2D eigenvalue weighted by Crippen LogP contribution is 2.51. The van der Waals surface area contributed by atoms with Crippen LogP contribution >= 0.6 is 0 Å². The van der Waals surface area contributed by atoms with Gasteiger partial charge in [0.25, 0.3) is 0 Å². The van der Waals surface area contributed by atoms with Gasteiger partial charge in [-0.2, -0.15) is 0 Å². The number of hydrogen-bond donors (Lipinski definition) is 0. The highest BCUT2D eigenvalue weighted by molar-refractivity contribution is 6.20. The Morgan fingerprint density at radius 3 is 2.66 bits per heavy atom. The van der Waals surface area contributed by atoms with Gasteiger partial charge in [-0.1, -0.05) is 12.1 Å². The van der Waals surface area contributed by atoms with E-state index in [0.29, 0.717) is 6.42 Å². The Morgan fingerprint density at radius 2 is 1.83 bits per heavy atom. The molecule has 4 heterocycles. The van der Waals surface area contributed by atoms with Gasteiger partial charge in [-0.3, -0.25) is 0 Å². The lowest BCUT2D eigenvalue weighted by Gasteiger charge is -2.20. The molecular weight excluding hydrogens is 436 g/mol. The number of hydrogen-bond acceptors (Lipinski definition) is 3. The molecule has 7 rings (SSSR count). The number of nitrogens with zero attached hydrogens (tertiary/aromatic N) is 2.